The Morgan fingerprint density at radius 3 is 2.35 bits per heavy atom. The fraction of sp³-hybridized carbons (Fsp3) is 0.444. The van der Waals surface area contributed by atoms with Crippen molar-refractivity contribution in [3.05, 3.63) is 53.3 Å². The number of benzene rings is 1. The summed E-state index contributed by atoms with van der Waals surface area (Å²) < 4.78 is 40.3. The van der Waals surface area contributed by atoms with Gasteiger partial charge in [0, 0.05) is 18.8 Å². The first kappa shape index (κ1) is 20.0. The number of alkyl halides is 3. The van der Waals surface area contributed by atoms with Gasteiger partial charge in [-0.15, -0.1) is 0 Å². The number of carbonyl (C=O) groups is 1. The molecule has 0 unspecified atom stereocenters. The van der Waals surface area contributed by atoms with Crippen molar-refractivity contribution in [2.45, 2.75) is 38.0 Å². The van der Waals surface area contributed by atoms with Crippen LogP contribution in [0.15, 0.2) is 36.7 Å². The van der Waals surface area contributed by atoms with Crippen molar-refractivity contribution < 1.29 is 23.1 Å². The van der Waals surface area contributed by atoms with Crippen LogP contribution in [-0.2, 0) is 29.0 Å². The Morgan fingerprint density at radius 2 is 1.81 bits per heavy atom. The lowest BCUT2D eigenvalue weighted by Gasteiger charge is -2.28. The molecule has 1 amide bonds. The fourth-order valence-corrected chi connectivity index (χ4v) is 2.49. The van der Waals surface area contributed by atoms with Crippen LogP contribution >= 0.6 is 0 Å². The molecule has 0 saturated carbocycles. The second-order valence-electron chi connectivity index (χ2n) is 7.06. The largest absolute Gasteiger partial charge is 0.416 e. The van der Waals surface area contributed by atoms with Crippen LogP contribution in [0.5, 0.6) is 0 Å². The summed E-state index contributed by atoms with van der Waals surface area (Å²) in [4.78, 5) is 12.6. The second kappa shape index (κ2) is 6.75. The van der Waals surface area contributed by atoms with Crippen LogP contribution in [0.3, 0.4) is 0 Å². The summed E-state index contributed by atoms with van der Waals surface area (Å²) >= 11 is 0. The van der Waals surface area contributed by atoms with E-state index in [-0.39, 0.29) is 12.1 Å². The summed E-state index contributed by atoms with van der Waals surface area (Å²) in [6.07, 6.45) is -1.36. The van der Waals surface area contributed by atoms with Gasteiger partial charge in [-0.05, 0) is 32.4 Å². The summed E-state index contributed by atoms with van der Waals surface area (Å²) in [6.45, 7) is 4.51. The van der Waals surface area contributed by atoms with Gasteiger partial charge in [0.05, 0.1) is 23.7 Å². The van der Waals surface area contributed by atoms with Gasteiger partial charge in [-0.1, -0.05) is 18.2 Å². The molecule has 1 heterocycles. The standard InChI is InChI=1S/C18H22F3N3O2/c1-16(2,12-6-5-7-13(8-12)18(19,20)21)15(25)22-11-17(3,26)14-9-23-24(4)10-14/h5-10,26H,11H2,1-4H3,(H,22,25)/t17-/m0/s1. The lowest BCUT2D eigenvalue weighted by Crippen LogP contribution is -2.45. The number of nitrogens with one attached hydrogen (secondary N) is 1. The van der Waals surface area contributed by atoms with Gasteiger partial charge in [0.15, 0.2) is 0 Å². The molecule has 0 aliphatic heterocycles. The fourth-order valence-electron chi connectivity index (χ4n) is 2.49. The Balaban J connectivity index is 2.15. The average molecular weight is 369 g/mol. The van der Waals surface area contributed by atoms with Crippen LogP contribution in [0.2, 0.25) is 0 Å². The quantitative estimate of drug-likeness (QED) is 0.852. The van der Waals surface area contributed by atoms with E-state index in [1.165, 1.54) is 43.8 Å². The first-order valence-corrected chi connectivity index (χ1v) is 8.01. The summed E-state index contributed by atoms with van der Waals surface area (Å²) in [6, 6.07) is 4.69. The number of aromatic nitrogens is 2. The average Bonchev–Trinajstić information content (AvgIpc) is 2.99. The van der Waals surface area contributed by atoms with Crippen molar-refractivity contribution >= 4 is 5.91 Å². The second-order valence-corrected chi connectivity index (χ2v) is 7.06. The van der Waals surface area contributed by atoms with E-state index in [0.717, 1.165) is 12.1 Å². The number of nitrogens with zero attached hydrogens (tertiary/aromatic N) is 2. The zero-order valence-corrected chi connectivity index (χ0v) is 15.1. The number of carbonyl (C=O) groups excluding carboxylic acids is 1. The third-order valence-electron chi connectivity index (χ3n) is 4.40. The van der Waals surface area contributed by atoms with Crippen molar-refractivity contribution in [2.75, 3.05) is 6.54 Å². The highest BCUT2D eigenvalue weighted by atomic mass is 19.4. The zero-order valence-electron chi connectivity index (χ0n) is 15.1. The van der Waals surface area contributed by atoms with Crippen LogP contribution < -0.4 is 5.32 Å². The maximum atomic E-state index is 12.9. The van der Waals surface area contributed by atoms with Gasteiger partial charge in [0.25, 0.3) is 0 Å². The number of aryl methyl sites for hydroxylation is 1. The van der Waals surface area contributed by atoms with E-state index >= 15 is 0 Å². The predicted octanol–water partition coefficient (Wildman–Crippen LogP) is 2.74. The van der Waals surface area contributed by atoms with Crippen molar-refractivity contribution in [1.82, 2.24) is 15.1 Å². The number of hydrogen-bond donors (Lipinski definition) is 2. The van der Waals surface area contributed by atoms with Crippen LogP contribution in [0.1, 0.15) is 37.5 Å². The highest BCUT2D eigenvalue weighted by molar-refractivity contribution is 5.87. The van der Waals surface area contributed by atoms with Gasteiger partial charge in [0.1, 0.15) is 5.60 Å². The molecule has 2 N–H and O–H groups in total. The topological polar surface area (TPSA) is 67.2 Å². The summed E-state index contributed by atoms with van der Waals surface area (Å²) in [7, 11) is 1.70. The third kappa shape index (κ3) is 4.24. The highest BCUT2D eigenvalue weighted by Gasteiger charge is 2.36. The molecular formula is C18H22F3N3O2. The van der Waals surface area contributed by atoms with E-state index in [4.69, 9.17) is 0 Å². The molecule has 1 aromatic heterocycles. The van der Waals surface area contributed by atoms with Crippen LogP contribution in [0.4, 0.5) is 13.2 Å². The Morgan fingerprint density at radius 1 is 1.19 bits per heavy atom. The van der Waals surface area contributed by atoms with Crippen LogP contribution in [0, 0.1) is 0 Å². The Bertz CT molecular complexity index is 795. The maximum absolute atomic E-state index is 12.9. The van der Waals surface area contributed by atoms with Gasteiger partial charge in [0.2, 0.25) is 5.91 Å². The van der Waals surface area contributed by atoms with Gasteiger partial charge in [-0.3, -0.25) is 9.48 Å². The molecule has 2 rings (SSSR count). The number of rotatable bonds is 5. The lowest BCUT2D eigenvalue weighted by atomic mass is 9.82. The van der Waals surface area contributed by atoms with Crippen molar-refractivity contribution in [2.24, 2.45) is 7.05 Å². The third-order valence-corrected chi connectivity index (χ3v) is 4.40. The lowest BCUT2D eigenvalue weighted by molar-refractivity contribution is -0.138. The van der Waals surface area contributed by atoms with Crippen molar-refractivity contribution in [3.8, 4) is 0 Å². The smallest absolute Gasteiger partial charge is 0.383 e. The number of halogens is 3. The van der Waals surface area contributed by atoms with E-state index in [1.54, 1.807) is 13.2 Å². The van der Waals surface area contributed by atoms with Gasteiger partial charge in [-0.2, -0.15) is 18.3 Å². The minimum absolute atomic E-state index is 0.0973. The number of aliphatic hydroxyl groups is 1. The molecule has 26 heavy (non-hydrogen) atoms. The molecule has 142 valence electrons. The first-order valence-electron chi connectivity index (χ1n) is 8.01. The Labute approximate surface area is 149 Å². The van der Waals surface area contributed by atoms with Crippen molar-refractivity contribution in [3.63, 3.8) is 0 Å². The molecule has 0 aliphatic carbocycles. The maximum Gasteiger partial charge on any atom is 0.416 e. The van der Waals surface area contributed by atoms with Gasteiger partial charge >= 0.3 is 6.18 Å². The van der Waals surface area contributed by atoms with Gasteiger partial charge in [-0.25, -0.2) is 0 Å². The van der Waals surface area contributed by atoms with Gasteiger partial charge < -0.3 is 10.4 Å². The van der Waals surface area contributed by atoms with E-state index in [2.05, 4.69) is 10.4 Å². The molecule has 2 aromatic rings. The number of hydrogen-bond acceptors (Lipinski definition) is 3. The molecule has 0 spiro atoms. The summed E-state index contributed by atoms with van der Waals surface area (Å²) in [5, 5.41) is 17.1. The molecule has 0 fully saturated rings. The Kier molecular flexibility index (Phi) is 5.19. The molecule has 1 atom stereocenters. The normalized spacial score (nSPS) is 14.8. The van der Waals surface area contributed by atoms with E-state index in [9.17, 15) is 23.1 Å². The highest BCUT2D eigenvalue weighted by Crippen LogP contribution is 2.33. The predicted molar refractivity (Wildman–Crippen MR) is 90.3 cm³/mol. The monoisotopic (exact) mass is 369 g/mol. The number of amides is 1. The zero-order chi connectivity index (χ0) is 19.8. The summed E-state index contributed by atoms with van der Waals surface area (Å²) in [5.41, 5.74) is -2.60. The minimum Gasteiger partial charge on any atom is -0.383 e. The molecule has 1 aromatic carbocycles. The Hall–Kier alpha value is -2.35. The molecule has 0 bridgehead atoms. The van der Waals surface area contributed by atoms with Crippen molar-refractivity contribution in [1.29, 1.82) is 0 Å². The molecular weight excluding hydrogens is 347 g/mol. The van der Waals surface area contributed by atoms with E-state index < -0.39 is 28.7 Å². The molecule has 0 radical (unpaired) electrons. The molecule has 8 heteroatoms. The van der Waals surface area contributed by atoms with Crippen LogP contribution in [0.25, 0.3) is 0 Å². The summed E-state index contributed by atoms with van der Waals surface area (Å²) in [5.74, 6) is -0.485. The van der Waals surface area contributed by atoms with E-state index in [1.807, 2.05) is 0 Å². The van der Waals surface area contributed by atoms with Crippen LogP contribution in [-0.4, -0.2) is 27.3 Å². The first-order chi connectivity index (χ1) is 11.8. The minimum atomic E-state index is -4.48. The molecule has 5 nitrogen and oxygen atoms in total. The molecule has 0 aliphatic rings. The van der Waals surface area contributed by atoms with E-state index in [0.29, 0.717) is 5.56 Å². The SMILES string of the molecule is Cn1cc([C@@](C)(O)CNC(=O)C(C)(C)c2cccc(C(F)(F)F)c2)cn1. The molecule has 0 saturated heterocycles.